The predicted octanol–water partition coefficient (Wildman–Crippen LogP) is 1.73. The van der Waals surface area contributed by atoms with Gasteiger partial charge in [0.05, 0.1) is 11.8 Å². The molecular formula is C16H28N2O3. The second-order valence-corrected chi connectivity index (χ2v) is 6.49. The number of carboxylic acids is 1. The molecule has 0 spiro atoms. The lowest BCUT2D eigenvalue weighted by Gasteiger charge is -2.17. The minimum atomic E-state index is -0.817. The third kappa shape index (κ3) is 4.43. The summed E-state index contributed by atoms with van der Waals surface area (Å²) in [7, 11) is 0. The summed E-state index contributed by atoms with van der Waals surface area (Å²) in [5.74, 6) is -1.32. The maximum absolute atomic E-state index is 12.2. The van der Waals surface area contributed by atoms with Crippen molar-refractivity contribution in [3.8, 4) is 0 Å². The number of amides is 1. The van der Waals surface area contributed by atoms with Gasteiger partial charge < -0.3 is 15.3 Å². The standard InChI is InChI=1S/C16H28N2O3/c1-2-12-10-13(14(11-12)16(20)21)15(19)17-6-5-9-18-7-3-4-8-18/h12-14H,2-11H2,1H3,(H,17,19)(H,20,21)/t12?,13-,14+/m0/s1. The van der Waals surface area contributed by atoms with Gasteiger partial charge in [0.25, 0.3) is 0 Å². The van der Waals surface area contributed by atoms with Crippen LogP contribution in [0.5, 0.6) is 0 Å². The van der Waals surface area contributed by atoms with Crippen molar-refractivity contribution in [3.05, 3.63) is 0 Å². The maximum Gasteiger partial charge on any atom is 0.307 e. The molecule has 0 aromatic rings. The van der Waals surface area contributed by atoms with Gasteiger partial charge in [0.15, 0.2) is 0 Å². The summed E-state index contributed by atoms with van der Waals surface area (Å²) in [6, 6.07) is 0. The topological polar surface area (TPSA) is 69.6 Å². The average molecular weight is 296 g/mol. The molecule has 1 aliphatic carbocycles. The van der Waals surface area contributed by atoms with Gasteiger partial charge in [-0.2, -0.15) is 0 Å². The van der Waals surface area contributed by atoms with Crippen molar-refractivity contribution >= 4 is 11.9 Å². The van der Waals surface area contributed by atoms with E-state index in [4.69, 9.17) is 0 Å². The van der Waals surface area contributed by atoms with Crippen LogP contribution < -0.4 is 5.32 Å². The lowest BCUT2D eigenvalue weighted by molar-refractivity contribution is -0.146. The molecule has 0 bridgehead atoms. The van der Waals surface area contributed by atoms with Gasteiger partial charge in [-0.1, -0.05) is 13.3 Å². The Morgan fingerprint density at radius 2 is 1.86 bits per heavy atom. The summed E-state index contributed by atoms with van der Waals surface area (Å²) in [4.78, 5) is 26.0. The monoisotopic (exact) mass is 296 g/mol. The Bertz CT molecular complexity index is 367. The molecule has 0 radical (unpaired) electrons. The van der Waals surface area contributed by atoms with Gasteiger partial charge in [-0.05, 0) is 57.7 Å². The SMILES string of the molecule is CCC1C[C@H](C(=O)NCCCN2CCCC2)[C@H](C(=O)O)C1. The molecule has 1 aliphatic heterocycles. The fourth-order valence-electron chi connectivity index (χ4n) is 3.69. The molecule has 0 aromatic carbocycles. The zero-order chi connectivity index (χ0) is 15.2. The number of carboxylic acid groups (broad SMARTS) is 1. The summed E-state index contributed by atoms with van der Waals surface area (Å²) < 4.78 is 0. The maximum atomic E-state index is 12.2. The minimum Gasteiger partial charge on any atom is -0.481 e. The molecule has 1 saturated heterocycles. The van der Waals surface area contributed by atoms with Gasteiger partial charge in [0.1, 0.15) is 0 Å². The Balaban J connectivity index is 1.72. The van der Waals surface area contributed by atoms with Crippen molar-refractivity contribution in [2.45, 2.75) is 45.4 Å². The Hall–Kier alpha value is -1.10. The molecule has 2 N–H and O–H groups in total. The van der Waals surface area contributed by atoms with E-state index in [1.165, 1.54) is 25.9 Å². The van der Waals surface area contributed by atoms with Crippen molar-refractivity contribution in [2.24, 2.45) is 17.8 Å². The van der Waals surface area contributed by atoms with Crippen molar-refractivity contribution in [3.63, 3.8) is 0 Å². The third-order valence-corrected chi connectivity index (χ3v) is 5.04. The Morgan fingerprint density at radius 3 is 2.48 bits per heavy atom. The van der Waals surface area contributed by atoms with Gasteiger partial charge in [-0.15, -0.1) is 0 Å². The van der Waals surface area contributed by atoms with E-state index in [0.717, 1.165) is 25.8 Å². The van der Waals surface area contributed by atoms with Gasteiger partial charge in [0.2, 0.25) is 5.91 Å². The number of likely N-dealkylation sites (tertiary alicyclic amines) is 1. The quantitative estimate of drug-likeness (QED) is 0.702. The van der Waals surface area contributed by atoms with Gasteiger partial charge in [-0.3, -0.25) is 9.59 Å². The van der Waals surface area contributed by atoms with E-state index >= 15 is 0 Å². The van der Waals surface area contributed by atoms with Crippen LogP contribution >= 0.6 is 0 Å². The first-order chi connectivity index (χ1) is 10.1. The Morgan fingerprint density at radius 1 is 1.19 bits per heavy atom. The van der Waals surface area contributed by atoms with Crippen LogP contribution in [0, 0.1) is 17.8 Å². The number of hydrogen-bond donors (Lipinski definition) is 2. The molecule has 120 valence electrons. The van der Waals surface area contributed by atoms with Crippen LogP contribution in [0.3, 0.4) is 0 Å². The molecular weight excluding hydrogens is 268 g/mol. The van der Waals surface area contributed by atoms with E-state index in [9.17, 15) is 14.7 Å². The lowest BCUT2D eigenvalue weighted by atomic mass is 9.95. The highest BCUT2D eigenvalue weighted by Gasteiger charge is 2.41. The van der Waals surface area contributed by atoms with Crippen molar-refractivity contribution < 1.29 is 14.7 Å². The summed E-state index contributed by atoms with van der Waals surface area (Å²) >= 11 is 0. The van der Waals surface area contributed by atoms with E-state index in [1.807, 2.05) is 0 Å². The summed E-state index contributed by atoms with van der Waals surface area (Å²) in [6.45, 7) is 6.12. The van der Waals surface area contributed by atoms with Crippen LogP contribution in [0.1, 0.15) is 45.4 Å². The van der Waals surface area contributed by atoms with Crippen molar-refractivity contribution in [1.29, 1.82) is 0 Å². The molecule has 2 fully saturated rings. The second-order valence-electron chi connectivity index (χ2n) is 6.49. The van der Waals surface area contributed by atoms with Crippen LogP contribution in [-0.4, -0.2) is 48.1 Å². The number of nitrogens with one attached hydrogen (secondary N) is 1. The predicted molar refractivity (Wildman–Crippen MR) is 80.9 cm³/mol. The molecule has 1 saturated carbocycles. The van der Waals surface area contributed by atoms with E-state index in [-0.39, 0.29) is 11.8 Å². The normalized spacial score (nSPS) is 29.7. The number of carbonyl (C=O) groups is 2. The zero-order valence-corrected chi connectivity index (χ0v) is 13.0. The molecule has 3 atom stereocenters. The van der Waals surface area contributed by atoms with Gasteiger partial charge >= 0.3 is 5.97 Å². The lowest BCUT2D eigenvalue weighted by Crippen LogP contribution is -2.36. The molecule has 1 unspecified atom stereocenters. The molecule has 2 aliphatic rings. The number of nitrogens with zero attached hydrogens (tertiary/aromatic N) is 1. The van der Waals surface area contributed by atoms with E-state index in [1.54, 1.807) is 0 Å². The summed E-state index contributed by atoms with van der Waals surface area (Å²) in [5, 5.41) is 12.2. The van der Waals surface area contributed by atoms with E-state index < -0.39 is 11.9 Å². The Labute approximate surface area is 127 Å². The fourth-order valence-corrected chi connectivity index (χ4v) is 3.69. The average Bonchev–Trinajstić information content (AvgIpc) is 3.12. The van der Waals surface area contributed by atoms with Crippen LogP contribution in [0.4, 0.5) is 0 Å². The van der Waals surface area contributed by atoms with Crippen LogP contribution in [0.2, 0.25) is 0 Å². The summed E-state index contributed by atoms with van der Waals surface area (Å²) in [5.41, 5.74) is 0. The highest BCUT2D eigenvalue weighted by atomic mass is 16.4. The van der Waals surface area contributed by atoms with E-state index in [2.05, 4.69) is 17.1 Å². The van der Waals surface area contributed by atoms with Gasteiger partial charge in [-0.25, -0.2) is 0 Å². The highest BCUT2D eigenvalue weighted by Crippen LogP contribution is 2.38. The van der Waals surface area contributed by atoms with E-state index in [0.29, 0.717) is 18.9 Å². The first-order valence-electron chi connectivity index (χ1n) is 8.34. The zero-order valence-electron chi connectivity index (χ0n) is 13.0. The third-order valence-electron chi connectivity index (χ3n) is 5.04. The first-order valence-corrected chi connectivity index (χ1v) is 8.34. The van der Waals surface area contributed by atoms with Crippen LogP contribution in [0.25, 0.3) is 0 Å². The fraction of sp³-hybridized carbons (Fsp3) is 0.875. The molecule has 5 heteroatoms. The van der Waals surface area contributed by atoms with Crippen LogP contribution in [-0.2, 0) is 9.59 Å². The largest absolute Gasteiger partial charge is 0.481 e. The summed E-state index contributed by atoms with van der Waals surface area (Å²) in [6.07, 6.45) is 5.86. The molecule has 0 aromatic heterocycles. The number of hydrogen-bond acceptors (Lipinski definition) is 3. The number of carbonyl (C=O) groups excluding carboxylic acids is 1. The highest BCUT2D eigenvalue weighted by molar-refractivity contribution is 5.85. The number of rotatable bonds is 7. The molecule has 1 heterocycles. The minimum absolute atomic E-state index is 0.0558. The van der Waals surface area contributed by atoms with Crippen molar-refractivity contribution in [2.75, 3.05) is 26.2 Å². The molecule has 1 amide bonds. The van der Waals surface area contributed by atoms with Gasteiger partial charge in [0, 0.05) is 6.54 Å². The molecule has 2 rings (SSSR count). The first kappa shape index (κ1) is 16.3. The number of aliphatic carboxylic acids is 1. The Kier molecular flexibility index (Phi) is 6.03. The second kappa shape index (κ2) is 7.78. The molecule has 21 heavy (non-hydrogen) atoms. The smallest absolute Gasteiger partial charge is 0.307 e. The molecule has 5 nitrogen and oxygen atoms in total. The van der Waals surface area contributed by atoms with Crippen LogP contribution in [0.15, 0.2) is 0 Å². The van der Waals surface area contributed by atoms with Crippen molar-refractivity contribution in [1.82, 2.24) is 10.2 Å².